The first-order valence-corrected chi connectivity index (χ1v) is 8.29. The second-order valence-corrected chi connectivity index (χ2v) is 6.81. The van der Waals surface area contributed by atoms with Crippen molar-refractivity contribution < 1.29 is 9.53 Å². The zero-order valence-corrected chi connectivity index (χ0v) is 14.4. The molecule has 2 aromatic carbocycles. The molecule has 23 heavy (non-hydrogen) atoms. The maximum absolute atomic E-state index is 12.7. The Labute approximate surface area is 144 Å². The van der Waals surface area contributed by atoms with Gasteiger partial charge >= 0.3 is 0 Å². The van der Waals surface area contributed by atoms with Gasteiger partial charge in [-0.3, -0.25) is 9.69 Å². The van der Waals surface area contributed by atoms with E-state index in [1.54, 1.807) is 12.0 Å². The van der Waals surface area contributed by atoms with E-state index in [1.165, 1.54) is 11.8 Å². The molecule has 5 heteroatoms. The standard InChI is InChI=1S/C18H15NO2S2/c1-12-5-3-7-14(9-12)19-17(20)16(23-18(19)22)11-13-6-4-8-15(10-13)21-2/h3-11H,1-2H3/b16-11-. The van der Waals surface area contributed by atoms with E-state index in [1.807, 2.05) is 61.5 Å². The van der Waals surface area contributed by atoms with Crippen LogP contribution in [0.4, 0.5) is 5.69 Å². The number of rotatable bonds is 3. The summed E-state index contributed by atoms with van der Waals surface area (Å²) in [7, 11) is 1.62. The molecular formula is C18H15NO2S2. The molecule has 0 bridgehead atoms. The molecule has 0 spiro atoms. The normalized spacial score (nSPS) is 16.3. The van der Waals surface area contributed by atoms with Crippen molar-refractivity contribution in [3.63, 3.8) is 0 Å². The maximum atomic E-state index is 12.7. The highest BCUT2D eigenvalue weighted by molar-refractivity contribution is 8.27. The monoisotopic (exact) mass is 341 g/mol. The quantitative estimate of drug-likeness (QED) is 0.611. The molecule has 0 N–H and O–H groups in total. The Morgan fingerprint density at radius 3 is 2.70 bits per heavy atom. The van der Waals surface area contributed by atoms with E-state index in [0.717, 1.165) is 22.6 Å². The van der Waals surface area contributed by atoms with Crippen molar-refractivity contribution in [3.8, 4) is 5.75 Å². The number of methoxy groups -OCH3 is 1. The highest BCUT2D eigenvalue weighted by Crippen LogP contribution is 2.36. The molecule has 1 fully saturated rings. The fourth-order valence-electron chi connectivity index (χ4n) is 2.34. The lowest BCUT2D eigenvalue weighted by atomic mass is 10.2. The number of carbonyl (C=O) groups excluding carboxylic acids is 1. The molecule has 3 nitrogen and oxygen atoms in total. The van der Waals surface area contributed by atoms with Crippen LogP contribution in [0.5, 0.6) is 5.75 Å². The van der Waals surface area contributed by atoms with Crippen molar-refractivity contribution in [1.82, 2.24) is 0 Å². The number of amides is 1. The van der Waals surface area contributed by atoms with Crippen LogP contribution in [-0.2, 0) is 4.79 Å². The number of carbonyl (C=O) groups is 1. The first kappa shape index (κ1) is 15.8. The van der Waals surface area contributed by atoms with Gasteiger partial charge in [-0.25, -0.2) is 0 Å². The lowest BCUT2D eigenvalue weighted by Gasteiger charge is -2.14. The van der Waals surface area contributed by atoms with Crippen LogP contribution in [0.15, 0.2) is 53.4 Å². The van der Waals surface area contributed by atoms with Gasteiger partial charge in [0.1, 0.15) is 5.75 Å². The van der Waals surface area contributed by atoms with Crippen molar-refractivity contribution in [2.24, 2.45) is 0 Å². The minimum atomic E-state index is -0.0894. The third-order valence-corrected chi connectivity index (χ3v) is 4.75. The summed E-state index contributed by atoms with van der Waals surface area (Å²) in [6.07, 6.45) is 1.84. The Kier molecular flexibility index (Phi) is 4.50. The van der Waals surface area contributed by atoms with Gasteiger partial charge in [-0.15, -0.1) is 0 Å². The minimum absolute atomic E-state index is 0.0894. The zero-order valence-electron chi connectivity index (χ0n) is 12.8. The van der Waals surface area contributed by atoms with Crippen molar-refractivity contribution in [1.29, 1.82) is 0 Å². The van der Waals surface area contributed by atoms with Gasteiger partial charge in [-0.05, 0) is 48.4 Å². The molecule has 0 unspecified atom stereocenters. The average Bonchev–Trinajstić information content (AvgIpc) is 2.81. The number of thioether (sulfide) groups is 1. The predicted octanol–water partition coefficient (Wildman–Crippen LogP) is 4.41. The summed E-state index contributed by atoms with van der Waals surface area (Å²) in [5, 5.41) is 0. The summed E-state index contributed by atoms with van der Waals surface area (Å²) < 4.78 is 5.76. The van der Waals surface area contributed by atoms with Gasteiger partial charge in [0.2, 0.25) is 0 Å². The number of anilines is 1. The van der Waals surface area contributed by atoms with Gasteiger partial charge in [-0.1, -0.05) is 48.2 Å². The van der Waals surface area contributed by atoms with Crippen LogP contribution in [0, 0.1) is 6.92 Å². The summed E-state index contributed by atoms with van der Waals surface area (Å²) >= 11 is 6.71. The number of hydrogen-bond acceptors (Lipinski definition) is 4. The molecule has 0 radical (unpaired) electrons. The Hall–Kier alpha value is -2.11. The molecule has 1 aliphatic rings. The second kappa shape index (κ2) is 6.56. The van der Waals surface area contributed by atoms with Gasteiger partial charge in [-0.2, -0.15) is 0 Å². The van der Waals surface area contributed by atoms with Crippen molar-refractivity contribution in [2.75, 3.05) is 12.0 Å². The van der Waals surface area contributed by atoms with Crippen LogP contribution >= 0.6 is 24.0 Å². The second-order valence-electron chi connectivity index (χ2n) is 5.13. The molecular weight excluding hydrogens is 326 g/mol. The number of thiocarbonyl (C=S) groups is 1. The summed E-state index contributed by atoms with van der Waals surface area (Å²) in [6, 6.07) is 15.4. The zero-order chi connectivity index (χ0) is 16.4. The third kappa shape index (κ3) is 3.30. The summed E-state index contributed by atoms with van der Waals surface area (Å²) in [4.78, 5) is 14.9. The largest absolute Gasteiger partial charge is 0.497 e. The number of ether oxygens (including phenoxy) is 1. The fraction of sp³-hybridized carbons (Fsp3) is 0.111. The Bertz CT molecular complexity index is 814. The molecule has 2 aromatic rings. The Morgan fingerprint density at radius 2 is 1.96 bits per heavy atom. The molecule has 0 aliphatic carbocycles. The highest BCUT2D eigenvalue weighted by atomic mass is 32.2. The van der Waals surface area contributed by atoms with E-state index in [0.29, 0.717) is 9.23 Å². The van der Waals surface area contributed by atoms with E-state index in [2.05, 4.69) is 0 Å². The minimum Gasteiger partial charge on any atom is -0.497 e. The molecule has 1 amide bonds. The topological polar surface area (TPSA) is 29.5 Å². The van der Waals surface area contributed by atoms with E-state index in [9.17, 15) is 4.79 Å². The van der Waals surface area contributed by atoms with Crippen molar-refractivity contribution in [3.05, 3.63) is 64.6 Å². The molecule has 3 rings (SSSR count). The SMILES string of the molecule is COc1cccc(/C=C2\SC(=S)N(c3cccc(C)c3)C2=O)c1. The van der Waals surface area contributed by atoms with Crippen LogP contribution in [-0.4, -0.2) is 17.3 Å². The molecule has 0 atom stereocenters. The molecule has 116 valence electrons. The number of aryl methyl sites for hydroxylation is 1. The van der Waals surface area contributed by atoms with E-state index < -0.39 is 0 Å². The molecule has 1 saturated heterocycles. The van der Waals surface area contributed by atoms with Crippen molar-refractivity contribution >= 4 is 46.0 Å². The first-order valence-electron chi connectivity index (χ1n) is 7.07. The lowest BCUT2D eigenvalue weighted by molar-refractivity contribution is -0.113. The Morgan fingerprint density at radius 1 is 1.17 bits per heavy atom. The van der Waals surface area contributed by atoms with Crippen LogP contribution in [0.2, 0.25) is 0 Å². The van der Waals surface area contributed by atoms with E-state index >= 15 is 0 Å². The van der Waals surface area contributed by atoms with E-state index in [4.69, 9.17) is 17.0 Å². The highest BCUT2D eigenvalue weighted by Gasteiger charge is 2.33. The smallest absolute Gasteiger partial charge is 0.270 e. The third-order valence-electron chi connectivity index (χ3n) is 3.45. The number of benzene rings is 2. The van der Waals surface area contributed by atoms with Gasteiger partial charge in [0.25, 0.3) is 5.91 Å². The number of nitrogens with zero attached hydrogens (tertiary/aromatic N) is 1. The van der Waals surface area contributed by atoms with Gasteiger partial charge < -0.3 is 4.74 Å². The molecule has 1 aliphatic heterocycles. The maximum Gasteiger partial charge on any atom is 0.270 e. The summed E-state index contributed by atoms with van der Waals surface area (Å²) in [5.74, 6) is 0.668. The van der Waals surface area contributed by atoms with Crippen LogP contribution < -0.4 is 9.64 Å². The molecule has 0 aromatic heterocycles. The van der Waals surface area contributed by atoms with Crippen LogP contribution in [0.25, 0.3) is 6.08 Å². The lowest BCUT2D eigenvalue weighted by Crippen LogP contribution is -2.27. The van der Waals surface area contributed by atoms with Gasteiger partial charge in [0, 0.05) is 0 Å². The fourth-order valence-corrected chi connectivity index (χ4v) is 3.64. The Balaban J connectivity index is 1.93. The molecule has 1 heterocycles. The summed E-state index contributed by atoms with van der Waals surface area (Å²) in [6.45, 7) is 1.99. The predicted molar refractivity (Wildman–Crippen MR) is 99.8 cm³/mol. The van der Waals surface area contributed by atoms with Gasteiger partial charge in [0.15, 0.2) is 4.32 Å². The van der Waals surface area contributed by atoms with Crippen molar-refractivity contribution in [2.45, 2.75) is 6.92 Å². The first-order chi connectivity index (χ1) is 11.1. The summed E-state index contributed by atoms with van der Waals surface area (Å²) in [5.41, 5.74) is 2.81. The molecule has 0 saturated carbocycles. The van der Waals surface area contributed by atoms with E-state index in [-0.39, 0.29) is 5.91 Å². The van der Waals surface area contributed by atoms with Crippen LogP contribution in [0.1, 0.15) is 11.1 Å². The van der Waals surface area contributed by atoms with Gasteiger partial charge in [0.05, 0.1) is 17.7 Å². The average molecular weight is 341 g/mol. The van der Waals surface area contributed by atoms with Crippen LogP contribution in [0.3, 0.4) is 0 Å². The number of hydrogen-bond donors (Lipinski definition) is 0.